The van der Waals surface area contributed by atoms with E-state index in [-0.39, 0.29) is 51.4 Å². The van der Waals surface area contributed by atoms with Crippen LogP contribution < -0.4 is 51.4 Å². The second-order valence-electron chi connectivity index (χ2n) is 3.46. The average Bonchev–Trinajstić information content (AvgIpc) is 2.50. The van der Waals surface area contributed by atoms with E-state index in [4.69, 9.17) is 0 Å². The van der Waals surface area contributed by atoms with Crippen LogP contribution in [0.3, 0.4) is 0 Å². The van der Waals surface area contributed by atoms with Gasteiger partial charge in [0.25, 0.3) is 0 Å². The van der Waals surface area contributed by atoms with E-state index in [1.165, 1.54) is 38.5 Å². The molecule has 0 unspecified atom stereocenters. The molecule has 64 valence electrons. The Labute approximate surface area is 120 Å². The van der Waals surface area contributed by atoms with Crippen molar-refractivity contribution in [1.82, 2.24) is 0 Å². The Kier molecular flexibility index (Phi) is 9.98. The normalized spacial score (nSPS) is 18.4. The van der Waals surface area contributed by atoms with Gasteiger partial charge in [-0.05, 0) is 18.8 Å². The predicted molar refractivity (Wildman–Crippen MR) is 50.3 cm³/mol. The van der Waals surface area contributed by atoms with Gasteiger partial charge in [-0.2, -0.15) is 13.3 Å². The van der Waals surface area contributed by atoms with Crippen molar-refractivity contribution in [2.45, 2.75) is 45.4 Å². The van der Waals surface area contributed by atoms with E-state index in [0.717, 1.165) is 5.92 Å². The summed E-state index contributed by atoms with van der Waals surface area (Å²) in [6.45, 7) is 2.13. The molecule has 0 aliphatic heterocycles. The zero-order chi connectivity index (χ0) is 7.94. The quantitative estimate of drug-likeness (QED) is 0.265. The summed E-state index contributed by atoms with van der Waals surface area (Å²) < 4.78 is 0. The van der Waals surface area contributed by atoms with Crippen LogP contribution in [-0.2, 0) is 0 Å². The predicted octanol–water partition coefficient (Wildman–Crippen LogP) is 0.741. The van der Waals surface area contributed by atoms with E-state index in [9.17, 15) is 0 Å². The first-order valence-electron chi connectivity index (χ1n) is 4.88. The molecule has 0 N–H and O–H groups in total. The van der Waals surface area contributed by atoms with Gasteiger partial charge in [0.2, 0.25) is 0 Å². The van der Waals surface area contributed by atoms with Crippen LogP contribution in [-0.4, -0.2) is 0 Å². The monoisotopic (exact) mass is 190 g/mol. The van der Waals surface area contributed by atoms with E-state index >= 15 is 0 Å². The second-order valence-corrected chi connectivity index (χ2v) is 3.46. The Morgan fingerprint density at radius 3 is 2.58 bits per heavy atom. The Hall–Kier alpha value is 1.38. The standard InChI is InChI=1S/C11H19.K/c1-2-3-4-5-8-11-9-6-7-10-11;/h2,5,8,11H,3-4,6-7,9-10H2,1H3;/q-1;+1/b8-5+;. The first kappa shape index (κ1) is 13.4. The molecule has 0 saturated heterocycles. The van der Waals surface area contributed by atoms with Crippen LogP contribution in [0, 0.1) is 12.3 Å². The molecule has 0 nitrogen and oxygen atoms in total. The van der Waals surface area contributed by atoms with Gasteiger partial charge in [-0.25, -0.2) is 0 Å². The second kappa shape index (κ2) is 8.95. The summed E-state index contributed by atoms with van der Waals surface area (Å²) in [5, 5.41) is 0. The maximum Gasteiger partial charge on any atom is 1.00 e. The van der Waals surface area contributed by atoms with Crippen LogP contribution in [0.5, 0.6) is 0 Å². The summed E-state index contributed by atoms with van der Waals surface area (Å²) in [5.41, 5.74) is 0. The fourth-order valence-electron chi connectivity index (χ4n) is 1.70. The van der Waals surface area contributed by atoms with Crippen molar-refractivity contribution in [1.29, 1.82) is 0 Å². The van der Waals surface area contributed by atoms with Crippen LogP contribution in [0.1, 0.15) is 45.4 Å². The van der Waals surface area contributed by atoms with Crippen LogP contribution >= 0.6 is 0 Å². The van der Waals surface area contributed by atoms with Gasteiger partial charge in [0.05, 0.1) is 0 Å². The first-order chi connectivity index (χ1) is 5.43. The molecule has 1 rings (SSSR count). The van der Waals surface area contributed by atoms with E-state index in [2.05, 4.69) is 25.5 Å². The van der Waals surface area contributed by atoms with Crippen molar-refractivity contribution in [3.63, 3.8) is 0 Å². The maximum absolute atomic E-state index is 2.43. The van der Waals surface area contributed by atoms with Crippen LogP contribution in [0.2, 0.25) is 0 Å². The molecule has 0 atom stereocenters. The molecular formula is C11H19K. The van der Waals surface area contributed by atoms with Gasteiger partial charge in [-0.3, -0.25) is 0 Å². The molecule has 1 heteroatoms. The third-order valence-corrected chi connectivity index (χ3v) is 2.43. The molecule has 0 heterocycles. The molecule has 1 aliphatic rings. The number of allylic oxidation sites excluding steroid dienone is 2. The average molecular weight is 190 g/mol. The fraction of sp³-hybridized carbons (Fsp3) is 0.727. The summed E-state index contributed by atoms with van der Waals surface area (Å²) in [6.07, 6.45) is 15.3. The largest absolute Gasteiger partial charge is 1.00 e. The number of hydrogen-bond donors (Lipinski definition) is 0. The SMILES string of the molecule is C[CH-]CC/C=C/C1CCCC1.[K+]. The maximum atomic E-state index is 2.43. The third kappa shape index (κ3) is 5.93. The van der Waals surface area contributed by atoms with Gasteiger partial charge in [0.15, 0.2) is 0 Å². The molecule has 0 radical (unpaired) electrons. The molecule has 0 amide bonds. The van der Waals surface area contributed by atoms with Crippen molar-refractivity contribution in [2.24, 2.45) is 5.92 Å². The molecule has 1 fully saturated rings. The van der Waals surface area contributed by atoms with E-state index in [0.29, 0.717) is 0 Å². The molecule has 1 saturated carbocycles. The molecule has 12 heavy (non-hydrogen) atoms. The molecule has 0 aromatic carbocycles. The van der Waals surface area contributed by atoms with Gasteiger partial charge in [-0.15, -0.1) is 0 Å². The van der Waals surface area contributed by atoms with Crippen LogP contribution in [0.25, 0.3) is 0 Å². The van der Waals surface area contributed by atoms with E-state index in [1.54, 1.807) is 0 Å². The Morgan fingerprint density at radius 1 is 1.33 bits per heavy atom. The van der Waals surface area contributed by atoms with Crippen LogP contribution in [0.4, 0.5) is 0 Å². The summed E-state index contributed by atoms with van der Waals surface area (Å²) in [6, 6.07) is 0. The minimum Gasteiger partial charge on any atom is -0.331 e. The van der Waals surface area contributed by atoms with Crippen molar-refractivity contribution < 1.29 is 51.4 Å². The van der Waals surface area contributed by atoms with E-state index in [1.807, 2.05) is 0 Å². The molecular weight excluding hydrogens is 171 g/mol. The molecule has 0 aromatic rings. The topological polar surface area (TPSA) is 0 Å². The zero-order valence-corrected chi connectivity index (χ0v) is 11.7. The molecule has 0 bridgehead atoms. The van der Waals surface area contributed by atoms with Crippen molar-refractivity contribution >= 4 is 0 Å². The smallest absolute Gasteiger partial charge is 0.331 e. The summed E-state index contributed by atoms with van der Waals surface area (Å²) in [7, 11) is 0. The minimum atomic E-state index is 0. The zero-order valence-electron chi connectivity index (χ0n) is 8.55. The van der Waals surface area contributed by atoms with Gasteiger partial charge in [0.1, 0.15) is 0 Å². The molecule has 1 aliphatic carbocycles. The number of rotatable bonds is 4. The third-order valence-electron chi connectivity index (χ3n) is 2.43. The fourth-order valence-corrected chi connectivity index (χ4v) is 1.70. The van der Waals surface area contributed by atoms with Crippen molar-refractivity contribution in [2.75, 3.05) is 0 Å². The summed E-state index contributed by atoms with van der Waals surface area (Å²) >= 11 is 0. The molecule has 0 spiro atoms. The summed E-state index contributed by atoms with van der Waals surface area (Å²) in [4.78, 5) is 0. The minimum absolute atomic E-state index is 0. The number of hydrogen-bond acceptors (Lipinski definition) is 0. The van der Waals surface area contributed by atoms with Gasteiger partial charge in [0, 0.05) is 0 Å². The number of unbranched alkanes of at least 4 members (excludes halogenated alkanes) is 2. The van der Waals surface area contributed by atoms with Gasteiger partial charge >= 0.3 is 51.4 Å². The Morgan fingerprint density at radius 2 is 2.00 bits per heavy atom. The van der Waals surface area contributed by atoms with Gasteiger partial charge in [-0.1, -0.05) is 31.4 Å². The Balaban J connectivity index is 0.00000121. The van der Waals surface area contributed by atoms with Crippen molar-refractivity contribution in [3.05, 3.63) is 18.6 Å². The van der Waals surface area contributed by atoms with Crippen LogP contribution in [0.15, 0.2) is 12.2 Å². The molecule has 0 aromatic heterocycles. The van der Waals surface area contributed by atoms with Crippen molar-refractivity contribution in [3.8, 4) is 0 Å². The summed E-state index contributed by atoms with van der Waals surface area (Å²) in [5.74, 6) is 0.923. The van der Waals surface area contributed by atoms with Gasteiger partial charge < -0.3 is 6.42 Å². The van der Waals surface area contributed by atoms with E-state index < -0.39 is 0 Å². The first-order valence-corrected chi connectivity index (χ1v) is 4.88. The Bertz CT molecular complexity index is 112.